The molecule has 1 heterocycles. The van der Waals surface area contributed by atoms with E-state index in [0.717, 1.165) is 16.1 Å². The summed E-state index contributed by atoms with van der Waals surface area (Å²) in [6, 6.07) is 16.6. The second kappa shape index (κ2) is 6.38. The number of hydrogen-bond acceptors (Lipinski definition) is 3. The third kappa shape index (κ3) is 2.93. The van der Waals surface area contributed by atoms with Gasteiger partial charge >= 0.3 is 0 Å². The fourth-order valence-corrected chi connectivity index (χ4v) is 2.73. The first kappa shape index (κ1) is 14.9. The molecule has 5 heteroatoms. The zero-order valence-corrected chi connectivity index (χ0v) is 13.4. The fraction of sp³-hybridized carbons (Fsp3) is 0.0588. The summed E-state index contributed by atoms with van der Waals surface area (Å²) in [6.45, 7) is 0. The molecule has 1 aromatic heterocycles. The summed E-state index contributed by atoms with van der Waals surface area (Å²) in [6.07, 6.45) is 3.55. The van der Waals surface area contributed by atoms with Crippen LogP contribution in [0.1, 0.15) is 0 Å². The zero-order chi connectivity index (χ0) is 15.5. The van der Waals surface area contributed by atoms with E-state index in [2.05, 4.69) is 4.98 Å². The van der Waals surface area contributed by atoms with E-state index in [-0.39, 0.29) is 5.56 Å². The zero-order valence-electron chi connectivity index (χ0n) is 11.9. The Morgan fingerprint density at radius 1 is 1.00 bits per heavy atom. The van der Waals surface area contributed by atoms with Crippen molar-refractivity contribution in [1.82, 2.24) is 9.55 Å². The third-order valence-electron chi connectivity index (χ3n) is 3.28. The highest BCUT2D eigenvalue weighted by Crippen LogP contribution is 2.22. The minimum atomic E-state index is -0.114. The van der Waals surface area contributed by atoms with Gasteiger partial charge in [0.15, 0.2) is 0 Å². The molecule has 0 N–H and O–H groups in total. The molecule has 0 radical (unpaired) electrons. The monoisotopic (exact) mass is 328 g/mol. The first-order valence-corrected chi connectivity index (χ1v) is 8.28. The molecule has 3 aromatic rings. The second-order valence-electron chi connectivity index (χ2n) is 4.65. The molecule has 110 valence electrons. The summed E-state index contributed by atoms with van der Waals surface area (Å²) >= 11 is 7.59. The van der Waals surface area contributed by atoms with Gasteiger partial charge in [0.1, 0.15) is 5.82 Å². The van der Waals surface area contributed by atoms with Crippen LogP contribution in [0.15, 0.2) is 70.5 Å². The summed E-state index contributed by atoms with van der Waals surface area (Å²) in [5.74, 6) is 0.598. The summed E-state index contributed by atoms with van der Waals surface area (Å²) in [4.78, 5) is 17.8. The number of thioether (sulfide) groups is 1. The largest absolute Gasteiger partial charge is 0.269 e. The van der Waals surface area contributed by atoms with E-state index in [1.807, 2.05) is 42.7 Å². The number of rotatable bonds is 3. The molecule has 0 saturated heterocycles. The van der Waals surface area contributed by atoms with Crippen LogP contribution in [0.2, 0.25) is 5.02 Å². The van der Waals surface area contributed by atoms with E-state index >= 15 is 0 Å². The summed E-state index contributed by atoms with van der Waals surface area (Å²) in [7, 11) is 0. The molecule has 0 unspecified atom stereocenters. The molecule has 0 aliphatic rings. The molecule has 0 amide bonds. The van der Waals surface area contributed by atoms with Crippen LogP contribution in [-0.2, 0) is 0 Å². The van der Waals surface area contributed by atoms with Crippen molar-refractivity contribution in [1.29, 1.82) is 0 Å². The Kier molecular flexibility index (Phi) is 4.32. The van der Waals surface area contributed by atoms with Crippen molar-refractivity contribution < 1.29 is 0 Å². The normalized spacial score (nSPS) is 10.6. The maximum atomic E-state index is 12.3. The average molecular weight is 329 g/mol. The molecular formula is C17H13ClN2OS. The van der Waals surface area contributed by atoms with Gasteiger partial charge in [-0.25, -0.2) is 4.98 Å². The predicted octanol–water partition coefficient (Wildman–Crippen LogP) is 4.27. The summed E-state index contributed by atoms with van der Waals surface area (Å²) in [5.41, 5.74) is 1.52. The van der Waals surface area contributed by atoms with Gasteiger partial charge in [0.05, 0.1) is 5.69 Å². The highest BCUT2D eigenvalue weighted by atomic mass is 35.5. The summed E-state index contributed by atoms with van der Waals surface area (Å²) in [5, 5.41) is 0.651. The highest BCUT2D eigenvalue weighted by molar-refractivity contribution is 7.98. The first-order chi connectivity index (χ1) is 10.7. The molecule has 2 aromatic carbocycles. The highest BCUT2D eigenvalue weighted by Gasteiger charge is 2.09. The van der Waals surface area contributed by atoms with Gasteiger partial charge in [-0.05, 0) is 54.8 Å². The van der Waals surface area contributed by atoms with Crippen molar-refractivity contribution in [3.63, 3.8) is 0 Å². The molecule has 3 rings (SSSR count). The lowest BCUT2D eigenvalue weighted by Gasteiger charge is -2.12. The van der Waals surface area contributed by atoms with Crippen LogP contribution in [0.3, 0.4) is 0 Å². The average Bonchev–Trinajstić information content (AvgIpc) is 2.55. The topological polar surface area (TPSA) is 34.9 Å². The lowest BCUT2D eigenvalue weighted by atomic mass is 10.2. The van der Waals surface area contributed by atoms with Crippen molar-refractivity contribution in [2.45, 2.75) is 4.90 Å². The Morgan fingerprint density at radius 2 is 1.68 bits per heavy atom. The van der Waals surface area contributed by atoms with E-state index in [1.165, 1.54) is 12.3 Å². The quantitative estimate of drug-likeness (QED) is 0.673. The van der Waals surface area contributed by atoms with Gasteiger partial charge in [0.2, 0.25) is 0 Å². The SMILES string of the molecule is CSc1ccc(-n2c(-c3ccc(Cl)cc3)nccc2=O)cc1. The van der Waals surface area contributed by atoms with Crippen LogP contribution >= 0.6 is 23.4 Å². The van der Waals surface area contributed by atoms with E-state index in [1.54, 1.807) is 28.5 Å². The lowest BCUT2D eigenvalue weighted by molar-refractivity contribution is 0.947. The van der Waals surface area contributed by atoms with Crippen molar-refractivity contribution in [2.75, 3.05) is 6.26 Å². The minimum Gasteiger partial charge on any atom is -0.269 e. The molecule has 0 saturated carbocycles. The molecule has 0 bridgehead atoms. The second-order valence-corrected chi connectivity index (χ2v) is 5.96. The van der Waals surface area contributed by atoms with Gasteiger partial charge in [-0.1, -0.05) is 11.6 Å². The van der Waals surface area contributed by atoms with E-state index in [0.29, 0.717) is 10.8 Å². The van der Waals surface area contributed by atoms with Gasteiger partial charge in [-0.2, -0.15) is 0 Å². The molecule has 0 aliphatic heterocycles. The minimum absolute atomic E-state index is 0.114. The Morgan fingerprint density at radius 3 is 2.32 bits per heavy atom. The Labute approximate surface area is 137 Å². The number of halogens is 1. The van der Waals surface area contributed by atoms with Crippen LogP contribution in [0.25, 0.3) is 17.1 Å². The van der Waals surface area contributed by atoms with E-state index < -0.39 is 0 Å². The van der Waals surface area contributed by atoms with Gasteiger partial charge < -0.3 is 0 Å². The van der Waals surface area contributed by atoms with E-state index in [4.69, 9.17) is 11.6 Å². The smallest absolute Gasteiger partial charge is 0.258 e. The van der Waals surface area contributed by atoms with Gasteiger partial charge in [-0.3, -0.25) is 9.36 Å². The fourth-order valence-electron chi connectivity index (χ4n) is 2.19. The van der Waals surface area contributed by atoms with Gasteiger partial charge in [-0.15, -0.1) is 11.8 Å². The van der Waals surface area contributed by atoms with Crippen molar-refractivity contribution in [3.05, 3.63) is 76.2 Å². The van der Waals surface area contributed by atoms with Gasteiger partial charge in [0.25, 0.3) is 5.56 Å². The van der Waals surface area contributed by atoms with E-state index in [9.17, 15) is 4.79 Å². The standard InChI is InChI=1S/C17H13ClN2OS/c1-22-15-8-6-14(7-9-15)20-16(21)10-11-19-17(20)12-2-4-13(18)5-3-12/h2-11H,1H3. The van der Waals surface area contributed by atoms with Crippen molar-refractivity contribution in [2.24, 2.45) is 0 Å². The Bertz CT molecular complexity index is 842. The predicted molar refractivity (Wildman–Crippen MR) is 92.1 cm³/mol. The molecule has 0 spiro atoms. The maximum absolute atomic E-state index is 12.3. The van der Waals surface area contributed by atoms with Crippen LogP contribution in [0.4, 0.5) is 0 Å². The summed E-state index contributed by atoms with van der Waals surface area (Å²) < 4.78 is 1.60. The molecule has 0 fully saturated rings. The lowest BCUT2D eigenvalue weighted by Crippen LogP contribution is -2.20. The number of benzene rings is 2. The van der Waals surface area contributed by atoms with Crippen LogP contribution < -0.4 is 5.56 Å². The van der Waals surface area contributed by atoms with Crippen molar-refractivity contribution >= 4 is 23.4 Å². The molecule has 3 nitrogen and oxygen atoms in total. The van der Waals surface area contributed by atoms with Gasteiger partial charge in [0, 0.05) is 27.7 Å². The number of aromatic nitrogens is 2. The van der Waals surface area contributed by atoms with Crippen LogP contribution in [-0.4, -0.2) is 15.8 Å². The van der Waals surface area contributed by atoms with Crippen molar-refractivity contribution in [3.8, 4) is 17.1 Å². The molecule has 0 aliphatic carbocycles. The third-order valence-corrected chi connectivity index (χ3v) is 4.27. The maximum Gasteiger partial charge on any atom is 0.258 e. The number of nitrogens with zero attached hydrogens (tertiary/aromatic N) is 2. The van der Waals surface area contributed by atoms with Crippen LogP contribution in [0, 0.1) is 0 Å². The Hall–Kier alpha value is -2.04. The Balaban J connectivity index is 2.18. The molecule has 0 atom stereocenters. The number of hydrogen-bond donors (Lipinski definition) is 0. The molecule has 22 heavy (non-hydrogen) atoms. The van der Waals surface area contributed by atoms with Crippen LogP contribution in [0.5, 0.6) is 0 Å². The molecular weight excluding hydrogens is 316 g/mol. The first-order valence-electron chi connectivity index (χ1n) is 6.67.